The number of carbonyl (C=O) groups is 1. The maximum atomic E-state index is 13.6. The summed E-state index contributed by atoms with van der Waals surface area (Å²) in [6.07, 6.45) is 4.92. The summed E-state index contributed by atoms with van der Waals surface area (Å²) in [6, 6.07) is 2.86. The highest BCUT2D eigenvalue weighted by atomic mass is 32.2. The zero-order valence-corrected chi connectivity index (χ0v) is 12.2. The molecule has 5 heteroatoms. The van der Waals surface area contributed by atoms with Gasteiger partial charge in [0.05, 0.1) is 10.8 Å². The van der Waals surface area contributed by atoms with E-state index in [1.807, 2.05) is 0 Å². The van der Waals surface area contributed by atoms with Crippen LogP contribution in [-0.4, -0.2) is 20.5 Å². The molecular formula is C15H18F2O2S. The van der Waals surface area contributed by atoms with Crippen molar-refractivity contribution >= 4 is 16.6 Å². The standard InChI is InChI=1S/C15H18F2O2S/c1-10(20(19)12-5-3-2-4-6-12)15(18)13-8-7-11(16)9-14(13)17/h7-10,12H,2-6H2,1H3. The van der Waals surface area contributed by atoms with Gasteiger partial charge < -0.3 is 0 Å². The number of hydrogen-bond donors (Lipinski definition) is 0. The first-order chi connectivity index (χ1) is 9.50. The Labute approximate surface area is 120 Å². The summed E-state index contributed by atoms with van der Waals surface area (Å²) in [7, 11) is -1.31. The molecule has 20 heavy (non-hydrogen) atoms. The fourth-order valence-corrected chi connectivity index (χ4v) is 4.31. The van der Waals surface area contributed by atoms with Crippen molar-refractivity contribution in [3.8, 4) is 0 Å². The van der Waals surface area contributed by atoms with Gasteiger partial charge in [-0.1, -0.05) is 19.3 Å². The van der Waals surface area contributed by atoms with Crippen molar-refractivity contribution in [1.82, 2.24) is 0 Å². The van der Waals surface area contributed by atoms with Gasteiger partial charge in [-0.25, -0.2) is 8.78 Å². The molecular weight excluding hydrogens is 282 g/mol. The smallest absolute Gasteiger partial charge is 0.181 e. The van der Waals surface area contributed by atoms with Gasteiger partial charge >= 0.3 is 0 Å². The summed E-state index contributed by atoms with van der Waals surface area (Å²) < 4.78 is 38.8. The number of hydrogen-bond acceptors (Lipinski definition) is 2. The topological polar surface area (TPSA) is 34.1 Å². The first-order valence-corrected chi connectivity index (χ1v) is 8.17. The molecule has 2 unspecified atom stereocenters. The van der Waals surface area contributed by atoms with E-state index < -0.39 is 33.5 Å². The Morgan fingerprint density at radius 2 is 1.90 bits per heavy atom. The Bertz CT molecular complexity index is 525. The van der Waals surface area contributed by atoms with E-state index in [-0.39, 0.29) is 10.8 Å². The van der Waals surface area contributed by atoms with Crippen molar-refractivity contribution < 1.29 is 17.8 Å². The molecule has 0 saturated heterocycles. The highest BCUT2D eigenvalue weighted by molar-refractivity contribution is 7.87. The first kappa shape index (κ1) is 15.3. The molecule has 2 rings (SSSR count). The number of halogens is 2. The minimum Gasteiger partial charge on any atom is -0.293 e. The molecule has 0 amide bonds. The van der Waals surface area contributed by atoms with E-state index in [4.69, 9.17) is 0 Å². The molecule has 0 radical (unpaired) electrons. The van der Waals surface area contributed by atoms with Crippen LogP contribution in [0.3, 0.4) is 0 Å². The molecule has 0 N–H and O–H groups in total. The highest BCUT2D eigenvalue weighted by Gasteiger charge is 2.30. The molecule has 1 saturated carbocycles. The molecule has 0 heterocycles. The van der Waals surface area contributed by atoms with Gasteiger partial charge in [-0.3, -0.25) is 9.00 Å². The maximum absolute atomic E-state index is 13.6. The van der Waals surface area contributed by atoms with Crippen molar-refractivity contribution in [3.63, 3.8) is 0 Å². The third-order valence-electron chi connectivity index (χ3n) is 3.80. The third-order valence-corrected chi connectivity index (χ3v) is 5.83. The molecule has 0 aliphatic heterocycles. The Morgan fingerprint density at radius 3 is 2.50 bits per heavy atom. The number of rotatable bonds is 4. The molecule has 0 spiro atoms. The first-order valence-electron chi connectivity index (χ1n) is 6.89. The molecule has 2 atom stereocenters. The van der Waals surface area contributed by atoms with Crippen molar-refractivity contribution in [2.75, 3.05) is 0 Å². The molecule has 1 aliphatic carbocycles. The maximum Gasteiger partial charge on any atom is 0.181 e. The second-order valence-electron chi connectivity index (χ2n) is 5.22. The SMILES string of the molecule is CC(C(=O)c1ccc(F)cc1F)S(=O)C1CCCCC1. The van der Waals surface area contributed by atoms with Gasteiger partial charge in [-0.2, -0.15) is 0 Å². The van der Waals surface area contributed by atoms with Crippen LogP contribution in [0.2, 0.25) is 0 Å². The van der Waals surface area contributed by atoms with Gasteiger partial charge in [-0.05, 0) is 31.9 Å². The third kappa shape index (κ3) is 3.32. The summed E-state index contributed by atoms with van der Waals surface area (Å²) in [5, 5.41) is -0.732. The van der Waals surface area contributed by atoms with Crippen LogP contribution < -0.4 is 0 Å². The van der Waals surface area contributed by atoms with Crippen LogP contribution in [0.4, 0.5) is 8.78 Å². The van der Waals surface area contributed by atoms with Gasteiger partial charge in [0.15, 0.2) is 5.78 Å². The molecule has 1 aromatic carbocycles. The van der Waals surface area contributed by atoms with E-state index in [2.05, 4.69) is 0 Å². The summed E-state index contributed by atoms with van der Waals surface area (Å²) >= 11 is 0. The van der Waals surface area contributed by atoms with Crippen LogP contribution in [0.25, 0.3) is 0 Å². The van der Waals surface area contributed by atoms with Crippen LogP contribution in [0.1, 0.15) is 49.4 Å². The van der Waals surface area contributed by atoms with E-state index in [1.165, 1.54) is 0 Å². The molecule has 2 nitrogen and oxygen atoms in total. The summed E-state index contributed by atoms with van der Waals surface area (Å²) in [5.41, 5.74) is -0.178. The molecule has 1 fully saturated rings. The zero-order valence-electron chi connectivity index (χ0n) is 11.4. The largest absolute Gasteiger partial charge is 0.293 e. The van der Waals surface area contributed by atoms with Gasteiger partial charge in [0, 0.05) is 22.1 Å². The molecule has 1 aliphatic rings. The van der Waals surface area contributed by atoms with E-state index in [0.717, 1.165) is 44.2 Å². The average Bonchev–Trinajstić information content (AvgIpc) is 2.46. The predicted octanol–water partition coefficient (Wildman–Crippen LogP) is 3.62. The van der Waals surface area contributed by atoms with Crippen molar-refractivity contribution in [1.29, 1.82) is 0 Å². The number of ketones is 1. The summed E-state index contributed by atoms with van der Waals surface area (Å²) in [5.74, 6) is -2.12. The minimum absolute atomic E-state index is 0.0196. The Kier molecular flexibility index (Phi) is 5.02. The molecule has 0 aromatic heterocycles. The van der Waals surface area contributed by atoms with Crippen molar-refractivity contribution in [2.45, 2.75) is 49.5 Å². The molecule has 110 valence electrons. The monoisotopic (exact) mass is 300 g/mol. The summed E-state index contributed by atoms with van der Waals surface area (Å²) in [6.45, 7) is 1.57. The summed E-state index contributed by atoms with van der Waals surface area (Å²) in [4.78, 5) is 12.2. The lowest BCUT2D eigenvalue weighted by atomic mass is 10.0. The lowest BCUT2D eigenvalue weighted by molar-refractivity contribution is 0.0988. The van der Waals surface area contributed by atoms with Gasteiger partial charge in [-0.15, -0.1) is 0 Å². The average molecular weight is 300 g/mol. The molecule has 0 bridgehead atoms. The second kappa shape index (κ2) is 6.57. The van der Waals surface area contributed by atoms with E-state index in [9.17, 15) is 17.8 Å². The van der Waals surface area contributed by atoms with E-state index in [0.29, 0.717) is 6.07 Å². The fraction of sp³-hybridized carbons (Fsp3) is 0.533. The second-order valence-corrected chi connectivity index (χ2v) is 7.25. The van der Waals surface area contributed by atoms with Crippen LogP contribution in [0.5, 0.6) is 0 Å². The normalized spacial score (nSPS) is 19.6. The lowest BCUT2D eigenvalue weighted by Crippen LogP contribution is -2.32. The number of benzene rings is 1. The van der Waals surface area contributed by atoms with Crippen LogP contribution in [0, 0.1) is 11.6 Å². The number of Topliss-reactive ketones (excluding diaryl/α,β-unsaturated/α-hetero) is 1. The van der Waals surface area contributed by atoms with E-state index in [1.54, 1.807) is 6.92 Å². The lowest BCUT2D eigenvalue weighted by Gasteiger charge is -2.23. The van der Waals surface area contributed by atoms with E-state index >= 15 is 0 Å². The van der Waals surface area contributed by atoms with Gasteiger partial charge in [0.1, 0.15) is 11.6 Å². The molecule has 1 aromatic rings. The number of carbonyl (C=O) groups excluding carboxylic acids is 1. The quantitative estimate of drug-likeness (QED) is 0.796. The van der Waals surface area contributed by atoms with Gasteiger partial charge in [0.2, 0.25) is 0 Å². The van der Waals surface area contributed by atoms with Crippen LogP contribution in [-0.2, 0) is 10.8 Å². The van der Waals surface area contributed by atoms with Gasteiger partial charge in [0.25, 0.3) is 0 Å². The predicted molar refractivity (Wildman–Crippen MR) is 75.2 cm³/mol. The fourth-order valence-electron chi connectivity index (χ4n) is 2.60. The Hall–Kier alpha value is -1.10. The van der Waals surface area contributed by atoms with Crippen molar-refractivity contribution in [3.05, 3.63) is 35.4 Å². The minimum atomic E-state index is -1.31. The Morgan fingerprint density at radius 1 is 1.25 bits per heavy atom. The highest BCUT2D eigenvalue weighted by Crippen LogP contribution is 2.25. The van der Waals surface area contributed by atoms with Crippen LogP contribution in [0.15, 0.2) is 18.2 Å². The Balaban J connectivity index is 2.13. The zero-order chi connectivity index (χ0) is 14.7. The van der Waals surface area contributed by atoms with Crippen LogP contribution >= 0.6 is 0 Å². The van der Waals surface area contributed by atoms with Crippen molar-refractivity contribution in [2.24, 2.45) is 0 Å².